The molecule has 1 aliphatic rings. The molecule has 7 heteroatoms. The maximum absolute atomic E-state index is 6.02. The summed E-state index contributed by atoms with van der Waals surface area (Å²) in [5.41, 5.74) is 6.96. The van der Waals surface area contributed by atoms with Crippen LogP contribution in [0.4, 0.5) is 0 Å². The zero-order valence-corrected chi connectivity index (χ0v) is 13.2. The molecule has 1 fully saturated rings. The highest BCUT2D eigenvalue weighted by molar-refractivity contribution is 5.78. The Morgan fingerprint density at radius 3 is 2.78 bits per heavy atom. The predicted molar refractivity (Wildman–Crippen MR) is 87.0 cm³/mol. The fraction of sp³-hybridized carbons (Fsp3) is 0.438. The molecule has 1 aromatic heterocycles. The summed E-state index contributed by atoms with van der Waals surface area (Å²) < 4.78 is 10.7. The highest BCUT2D eigenvalue weighted by atomic mass is 16.5. The van der Waals surface area contributed by atoms with Crippen LogP contribution in [0.3, 0.4) is 0 Å². The van der Waals surface area contributed by atoms with Gasteiger partial charge in [-0.2, -0.15) is 4.98 Å². The van der Waals surface area contributed by atoms with Crippen molar-refractivity contribution in [3.63, 3.8) is 0 Å². The van der Waals surface area contributed by atoms with Crippen molar-refractivity contribution in [3.05, 3.63) is 36.2 Å². The van der Waals surface area contributed by atoms with Crippen LogP contribution in [0, 0.1) is 0 Å². The van der Waals surface area contributed by atoms with Crippen LogP contribution in [-0.2, 0) is 4.74 Å². The van der Waals surface area contributed by atoms with E-state index < -0.39 is 0 Å². The zero-order chi connectivity index (χ0) is 16.1. The number of ether oxygens (including phenoxy) is 1. The van der Waals surface area contributed by atoms with Crippen LogP contribution < -0.4 is 5.73 Å². The molecule has 0 spiro atoms. The lowest BCUT2D eigenvalue weighted by atomic mass is 10.2. The molecule has 1 atom stereocenters. The molecular formula is C16H21N5O2. The molecule has 2 N–H and O–H groups in total. The average molecular weight is 315 g/mol. The quantitative estimate of drug-likeness (QED) is 0.679. The largest absolute Gasteiger partial charge is 0.378 e. The summed E-state index contributed by atoms with van der Waals surface area (Å²) in [7, 11) is 0. The minimum atomic E-state index is 0.0135. The second-order valence-electron chi connectivity index (χ2n) is 5.52. The van der Waals surface area contributed by atoms with Gasteiger partial charge in [0.1, 0.15) is 0 Å². The topological polar surface area (TPSA) is 89.8 Å². The molecule has 1 saturated heterocycles. The Kier molecular flexibility index (Phi) is 4.87. The highest BCUT2D eigenvalue weighted by Crippen LogP contribution is 2.19. The Hall–Kier alpha value is -2.41. The van der Waals surface area contributed by atoms with Gasteiger partial charge < -0.3 is 19.9 Å². The Labute approximate surface area is 135 Å². The normalized spacial score (nSPS) is 17.3. The minimum Gasteiger partial charge on any atom is -0.378 e. The Balaban J connectivity index is 1.62. The number of benzene rings is 1. The van der Waals surface area contributed by atoms with E-state index in [4.69, 9.17) is 15.0 Å². The van der Waals surface area contributed by atoms with E-state index in [1.54, 1.807) is 0 Å². The molecule has 1 aliphatic heterocycles. The molecule has 0 amide bonds. The maximum Gasteiger partial charge on any atom is 0.231 e. The van der Waals surface area contributed by atoms with Crippen molar-refractivity contribution >= 4 is 5.96 Å². The fourth-order valence-corrected chi connectivity index (χ4v) is 2.34. The predicted octanol–water partition coefficient (Wildman–Crippen LogP) is 1.49. The van der Waals surface area contributed by atoms with Gasteiger partial charge in [-0.3, -0.25) is 4.99 Å². The number of morpholine rings is 1. The lowest BCUT2D eigenvalue weighted by molar-refractivity contribution is 0.0674. The number of hydrogen-bond acceptors (Lipinski definition) is 5. The maximum atomic E-state index is 6.02. The highest BCUT2D eigenvalue weighted by Gasteiger charge is 2.16. The van der Waals surface area contributed by atoms with Crippen molar-refractivity contribution in [2.45, 2.75) is 12.8 Å². The van der Waals surface area contributed by atoms with Gasteiger partial charge in [0.15, 0.2) is 5.96 Å². The number of hydrogen-bond donors (Lipinski definition) is 1. The van der Waals surface area contributed by atoms with Gasteiger partial charge >= 0.3 is 0 Å². The second-order valence-corrected chi connectivity index (χ2v) is 5.52. The smallest absolute Gasteiger partial charge is 0.231 e. The first-order valence-electron chi connectivity index (χ1n) is 7.75. The molecule has 2 heterocycles. The van der Waals surface area contributed by atoms with Gasteiger partial charge in [-0.15, -0.1) is 0 Å². The number of aliphatic imine (C=N–C) groups is 1. The molecule has 0 bridgehead atoms. The van der Waals surface area contributed by atoms with Crippen LogP contribution in [0.25, 0.3) is 11.4 Å². The van der Waals surface area contributed by atoms with Crippen molar-refractivity contribution in [2.24, 2.45) is 10.7 Å². The van der Waals surface area contributed by atoms with Gasteiger partial charge in [0, 0.05) is 18.7 Å². The molecule has 122 valence electrons. The third kappa shape index (κ3) is 3.87. The zero-order valence-electron chi connectivity index (χ0n) is 13.2. The third-order valence-electron chi connectivity index (χ3n) is 3.76. The van der Waals surface area contributed by atoms with E-state index in [9.17, 15) is 0 Å². The van der Waals surface area contributed by atoms with E-state index in [1.165, 1.54) is 0 Å². The van der Waals surface area contributed by atoms with Crippen LogP contribution in [0.5, 0.6) is 0 Å². The van der Waals surface area contributed by atoms with Crippen LogP contribution in [0.2, 0.25) is 0 Å². The lowest BCUT2D eigenvalue weighted by Crippen LogP contribution is -2.45. The molecule has 0 aliphatic carbocycles. The first-order chi connectivity index (χ1) is 11.2. The molecule has 1 aromatic carbocycles. The molecule has 7 nitrogen and oxygen atoms in total. The van der Waals surface area contributed by atoms with Crippen LogP contribution in [-0.4, -0.2) is 53.8 Å². The molecule has 1 unspecified atom stereocenters. The Morgan fingerprint density at radius 1 is 1.30 bits per heavy atom. The average Bonchev–Trinajstić information content (AvgIpc) is 3.11. The minimum absolute atomic E-state index is 0.0135. The summed E-state index contributed by atoms with van der Waals surface area (Å²) in [5.74, 6) is 1.72. The summed E-state index contributed by atoms with van der Waals surface area (Å²) in [4.78, 5) is 10.9. The molecule has 0 saturated carbocycles. The van der Waals surface area contributed by atoms with E-state index in [-0.39, 0.29) is 5.92 Å². The fourth-order valence-electron chi connectivity index (χ4n) is 2.34. The van der Waals surface area contributed by atoms with Gasteiger partial charge in [0.2, 0.25) is 11.7 Å². The van der Waals surface area contributed by atoms with E-state index in [0.717, 1.165) is 18.7 Å². The van der Waals surface area contributed by atoms with Crippen LogP contribution in [0.15, 0.2) is 39.8 Å². The first-order valence-corrected chi connectivity index (χ1v) is 7.75. The monoisotopic (exact) mass is 315 g/mol. The Bertz CT molecular complexity index is 650. The standard InChI is InChI=1S/C16H21N5O2/c1-12(11-18-16(17)21-7-9-22-10-8-21)15-19-14(20-23-15)13-5-3-2-4-6-13/h2-6,12H,7-11H2,1H3,(H2,17,18). The van der Waals surface area contributed by atoms with Crippen molar-refractivity contribution < 1.29 is 9.26 Å². The second kappa shape index (κ2) is 7.23. The van der Waals surface area contributed by atoms with Gasteiger partial charge in [-0.05, 0) is 0 Å². The van der Waals surface area contributed by atoms with E-state index in [2.05, 4.69) is 15.1 Å². The number of nitrogens with zero attached hydrogens (tertiary/aromatic N) is 4. The summed E-state index contributed by atoms with van der Waals surface area (Å²) in [5, 5.41) is 4.03. The van der Waals surface area contributed by atoms with Crippen LogP contribution in [0.1, 0.15) is 18.7 Å². The third-order valence-corrected chi connectivity index (χ3v) is 3.76. The molecular weight excluding hydrogens is 294 g/mol. The number of nitrogens with two attached hydrogens (primary N) is 1. The SMILES string of the molecule is CC(CN=C(N)N1CCOCC1)c1nc(-c2ccccc2)no1. The lowest BCUT2D eigenvalue weighted by Gasteiger charge is -2.27. The summed E-state index contributed by atoms with van der Waals surface area (Å²) >= 11 is 0. The number of aromatic nitrogens is 2. The van der Waals surface area contributed by atoms with Crippen molar-refractivity contribution in [3.8, 4) is 11.4 Å². The summed E-state index contributed by atoms with van der Waals surface area (Å²) in [6.45, 7) is 5.45. The van der Waals surface area contributed by atoms with Gasteiger partial charge in [0.25, 0.3) is 0 Å². The molecule has 23 heavy (non-hydrogen) atoms. The first kappa shape index (κ1) is 15.5. The summed E-state index contributed by atoms with van der Waals surface area (Å²) in [6, 6.07) is 9.75. The summed E-state index contributed by atoms with van der Waals surface area (Å²) in [6.07, 6.45) is 0. The number of guanidine groups is 1. The van der Waals surface area contributed by atoms with Crippen molar-refractivity contribution in [1.82, 2.24) is 15.0 Å². The molecule has 0 radical (unpaired) electrons. The van der Waals surface area contributed by atoms with Crippen molar-refractivity contribution in [1.29, 1.82) is 0 Å². The van der Waals surface area contributed by atoms with Crippen LogP contribution >= 0.6 is 0 Å². The molecule has 2 aromatic rings. The van der Waals surface area contributed by atoms with Gasteiger partial charge in [0.05, 0.1) is 25.7 Å². The van der Waals surface area contributed by atoms with E-state index in [0.29, 0.717) is 37.4 Å². The number of rotatable bonds is 4. The molecule has 3 rings (SSSR count). The van der Waals surface area contributed by atoms with Gasteiger partial charge in [-0.1, -0.05) is 42.4 Å². The van der Waals surface area contributed by atoms with Crippen molar-refractivity contribution in [2.75, 3.05) is 32.8 Å². The Morgan fingerprint density at radius 2 is 2.04 bits per heavy atom. The van der Waals surface area contributed by atoms with E-state index in [1.807, 2.05) is 42.2 Å². The van der Waals surface area contributed by atoms with E-state index >= 15 is 0 Å². The van der Waals surface area contributed by atoms with Gasteiger partial charge in [-0.25, -0.2) is 0 Å².